The monoisotopic (exact) mass is 307 g/mol. The Labute approximate surface area is 125 Å². The molecule has 0 aromatic carbocycles. The number of aromatic nitrogens is 3. The summed E-state index contributed by atoms with van der Waals surface area (Å²) in [5.74, 6) is 0. The van der Waals surface area contributed by atoms with E-state index in [4.69, 9.17) is 11.6 Å². The van der Waals surface area contributed by atoms with Gasteiger partial charge >= 0.3 is 0 Å². The molecule has 1 N–H and O–H groups in total. The second-order valence-corrected chi connectivity index (χ2v) is 5.93. The lowest BCUT2D eigenvalue weighted by molar-refractivity contribution is 0.207. The molecule has 0 radical (unpaired) electrons. The zero-order valence-corrected chi connectivity index (χ0v) is 12.5. The third kappa shape index (κ3) is 2.32. The Morgan fingerprint density at radius 2 is 2.30 bits per heavy atom. The Hall–Kier alpha value is -1.43. The van der Waals surface area contributed by atoms with Crippen LogP contribution in [0.3, 0.4) is 0 Å². The van der Waals surface area contributed by atoms with Crippen molar-refractivity contribution in [2.45, 2.75) is 26.0 Å². The van der Waals surface area contributed by atoms with Gasteiger partial charge in [0.2, 0.25) is 0 Å². The summed E-state index contributed by atoms with van der Waals surface area (Å²) in [6, 6.07) is 3.92. The maximum absolute atomic E-state index is 10.6. The van der Waals surface area contributed by atoms with Crippen molar-refractivity contribution < 1.29 is 5.11 Å². The van der Waals surface area contributed by atoms with Gasteiger partial charge in [-0.2, -0.15) is 5.10 Å². The van der Waals surface area contributed by atoms with E-state index in [0.29, 0.717) is 10.7 Å². The number of hydrogen-bond donors (Lipinski definition) is 1. The fourth-order valence-corrected chi connectivity index (χ4v) is 3.24. The van der Waals surface area contributed by atoms with Gasteiger partial charge in [0.25, 0.3) is 0 Å². The molecule has 0 aliphatic carbocycles. The summed E-state index contributed by atoms with van der Waals surface area (Å²) in [6.07, 6.45) is 3.39. The minimum absolute atomic E-state index is 0.484. The van der Waals surface area contributed by atoms with Crippen LogP contribution in [0.25, 0.3) is 10.2 Å². The standard InChI is InChI=1S/C14H14ClN3OS/c1-2-4-18-13(10(15)8-17-18)14(19)9-6-12-11(16-7-9)3-5-20-12/h3,5-8,14,19H,2,4H2,1H3. The van der Waals surface area contributed by atoms with E-state index in [-0.39, 0.29) is 0 Å². The molecule has 6 heteroatoms. The normalized spacial score (nSPS) is 12.9. The minimum Gasteiger partial charge on any atom is -0.382 e. The average Bonchev–Trinajstić information content (AvgIpc) is 3.04. The lowest BCUT2D eigenvalue weighted by Crippen LogP contribution is -2.10. The van der Waals surface area contributed by atoms with E-state index >= 15 is 0 Å². The van der Waals surface area contributed by atoms with Gasteiger partial charge < -0.3 is 5.11 Å². The van der Waals surface area contributed by atoms with Gasteiger partial charge in [-0.25, -0.2) is 0 Å². The van der Waals surface area contributed by atoms with Gasteiger partial charge in [-0.3, -0.25) is 9.67 Å². The first-order valence-electron chi connectivity index (χ1n) is 6.43. The van der Waals surface area contributed by atoms with E-state index in [1.165, 1.54) is 0 Å². The van der Waals surface area contributed by atoms with Gasteiger partial charge in [0.15, 0.2) is 0 Å². The van der Waals surface area contributed by atoms with Gasteiger partial charge in [-0.1, -0.05) is 18.5 Å². The van der Waals surface area contributed by atoms with E-state index < -0.39 is 6.10 Å². The number of hydrogen-bond acceptors (Lipinski definition) is 4. The lowest BCUT2D eigenvalue weighted by atomic mass is 10.1. The summed E-state index contributed by atoms with van der Waals surface area (Å²) < 4.78 is 2.81. The Balaban J connectivity index is 2.02. The number of pyridine rings is 1. The van der Waals surface area contributed by atoms with Crippen LogP contribution in [0.5, 0.6) is 0 Å². The zero-order valence-electron chi connectivity index (χ0n) is 11.0. The Morgan fingerprint density at radius 3 is 3.10 bits per heavy atom. The molecule has 0 aliphatic rings. The smallest absolute Gasteiger partial charge is 0.124 e. The van der Waals surface area contributed by atoms with Crippen LogP contribution >= 0.6 is 22.9 Å². The number of aryl methyl sites for hydroxylation is 1. The van der Waals surface area contributed by atoms with Gasteiger partial charge in [0.05, 0.1) is 27.1 Å². The fraction of sp³-hybridized carbons (Fsp3) is 0.286. The summed E-state index contributed by atoms with van der Waals surface area (Å²) in [4.78, 5) is 4.36. The summed E-state index contributed by atoms with van der Waals surface area (Å²) in [5, 5.41) is 17.3. The van der Waals surface area contributed by atoms with Crippen molar-refractivity contribution in [1.29, 1.82) is 0 Å². The van der Waals surface area contributed by atoms with Gasteiger partial charge in [0, 0.05) is 18.3 Å². The largest absolute Gasteiger partial charge is 0.382 e. The van der Waals surface area contributed by atoms with E-state index in [0.717, 1.165) is 28.7 Å². The third-order valence-corrected chi connectivity index (χ3v) is 4.31. The van der Waals surface area contributed by atoms with Crippen LogP contribution in [0.2, 0.25) is 5.02 Å². The van der Waals surface area contributed by atoms with Crippen molar-refractivity contribution in [2.24, 2.45) is 0 Å². The minimum atomic E-state index is -0.810. The number of aliphatic hydroxyl groups is 1. The maximum atomic E-state index is 10.6. The molecule has 0 saturated carbocycles. The Morgan fingerprint density at radius 1 is 1.45 bits per heavy atom. The fourth-order valence-electron chi connectivity index (χ4n) is 2.20. The number of aliphatic hydroxyl groups excluding tert-OH is 1. The van der Waals surface area contributed by atoms with Gasteiger partial charge in [-0.05, 0) is 23.9 Å². The van der Waals surface area contributed by atoms with Crippen LogP contribution < -0.4 is 0 Å². The van der Waals surface area contributed by atoms with E-state index in [1.54, 1.807) is 28.4 Å². The van der Waals surface area contributed by atoms with Crippen molar-refractivity contribution >= 4 is 33.2 Å². The predicted octanol–water partition coefficient (Wildman–Crippen LogP) is 3.64. The molecule has 0 bridgehead atoms. The zero-order chi connectivity index (χ0) is 14.1. The molecule has 0 fully saturated rings. The van der Waals surface area contributed by atoms with Crippen molar-refractivity contribution in [1.82, 2.24) is 14.8 Å². The molecule has 4 nitrogen and oxygen atoms in total. The number of fused-ring (bicyclic) bond motifs is 1. The van der Waals surface area contributed by atoms with Crippen LogP contribution in [0.4, 0.5) is 0 Å². The molecule has 3 heterocycles. The number of rotatable bonds is 4. The highest BCUT2D eigenvalue weighted by atomic mass is 35.5. The highest BCUT2D eigenvalue weighted by molar-refractivity contribution is 7.17. The van der Waals surface area contributed by atoms with Gasteiger partial charge in [-0.15, -0.1) is 11.3 Å². The summed E-state index contributed by atoms with van der Waals surface area (Å²) in [7, 11) is 0. The molecular weight excluding hydrogens is 294 g/mol. The average molecular weight is 308 g/mol. The van der Waals surface area contributed by atoms with Crippen LogP contribution in [-0.4, -0.2) is 19.9 Å². The summed E-state index contributed by atoms with van der Waals surface area (Å²) >= 11 is 7.77. The third-order valence-electron chi connectivity index (χ3n) is 3.17. The first-order valence-corrected chi connectivity index (χ1v) is 7.69. The Kier molecular flexibility index (Phi) is 3.74. The Bertz CT molecular complexity index is 737. The number of thiophene rings is 1. The second kappa shape index (κ2) is 5.52. The maximum Gasteiger partial charge on any atom is 0.124 e. The molecule has 0 aliphatic heterocycles. The highest BCUT2D eigenvalue weighted by Crippen LogP contribution is 2.30. The number of halogens is 1. The molecule has 0 spiro atoms. The highest BCUT2D eigenvalue weighted by Gasteiger charge is 2.20. The predicted molar refractivity (Wildman–Crippen MR) is 81.2 cm³/mol. The van der Waals surface area contributed by atoms with E-state index in [9.17, 15) is 5.11 Å². The first kappa shape index (κ1) is 13.5. The van der Waals surface area contributed by atoms with Crippen LogP contribution in [0, 0.1) is 0 Å². The molecule has 3 aromatic heterocycles. The molecule has 1 unspecified atom stereocenters. The SMILES string of the molecule is CCCn1ncc(Cl)c1C(O)c1cnc2ccsc2c1. The van der Waals surface area contributed by atoms with Crippen LogP contribution in [0.15, 0.2) is 29.9 Å². The van der Waals surface area contributed by atoms with Crippen LogP contribution in [0.1, 0.15) is 30.7 Å². The van der Waals surface area contributed by atoms with Crippen LogP contribution in [-0.2, 0) is 6.54 Å². The van der Waals surface area contributed by atoms with Crippen molar-refractivity contribution in [2.75, 3.05) is 0 Å². The molecule has 0 saturated heterocycles. The molecule has 20 heavy (non-hydrogen) atoms. The summed E-state index contributed by atoms with van der Waals surface area (Å²) in [6.45, 7) is 2.79. The van der Waals surface area contributed by atoms with Crippen molar-refractivity contribution in [3.05, 3.63) is 46.2 Å². The quantitative estimate of drug-likeness (QED) is 0.800. The molecule has 3 aromatic rings. The van der Waals surface area contributed by atoms with E-state index in [1.807, 2.05) is 17.5 Å². The summed E-state index contributed by atoms with van der Waals surface area (Å²) in [5.41, 5.74) is 2.31. The molecule has 104 valence electrons. The van der Waals surface area contributed by atoms with Crippen molar-refractivity contribution in [3.8, 4) is 0 Å². The molecule has 0 amide bonds. The van der Waals surface area contributed by atoms with Crippen molar-refractivity contribution in [3.63, 3.8) is 0 Å². The van der Waals surface area contributed by atoms with E-state index in [2.05, 4.69) is 17.0 Å². The molecule has 1 atom stereocenters. The molecule has 3 rings (SSSR count). The lowest BCUT2D eigenvalue weighted by Gasteiger charge is -2.14. The topological polar surface area (TPSA) is 50.9 Å². The van der Waals surface area contributed by atoms with Gasteiger partial charge in [0.1, 0.15) is 6.10 Å². The first-order chi connectivity index (χ1) is 9.70. The second-order valence-electron chi connectivity index (χ2n) is 4.58. The number of nitrogens with zero attached hydrogens (tertiary/aromatic N) is 3. The molecular formula is C14H14ClN3OS.